The van der Waals surface area contributed by atoms with Crippen LogP contribution >= 0.6 is 0 Å². The Morgan fingerprint density at radius 2 is 1.80 bits per heavy atom. The minimum absolute atomic E-state index is 0. The zero-order chi connectivity index (χ0) is 10.8. The van der Waals surface area contributed by atoms with Gasteiger partial charge in [0.25, 0.3) is 0 Å². The molecule has 0 aliphatic carbocycles. The molecule has 1 rings (SSSR count). The summed E-state index contributed by atoms with van der Waals surface area (Å²) in [4.78, 5) is 10.6. The molecule has 1 aromatic rings. The molecule has 87 valence electrons. The van der Waals surface area contributed by atoms with Crippen molar-refractivity contribution in [2.45, 2.75) is 4.18 Å². The number of hydrogen-bond donors (Lipinski definition) is 1. The van der Waals surface area contributed by atoms with Crippen LogP contribution in [0.1, 0.15) is 10.4 Å². The van der Waals surface area contributed by atoms with E-state index < -0.39 is 31.4 Å². The molecule has 0 atom stereocenters. The van der Waals surface area contributed by atoms with Crippen LogP contribution in [0.4, 0.5) is 13.2 Å². The Balaban J connectivity index is 0.00000196. The minimum Gasteiger partial charge on any atom is -0.478 e. The average molecular weight is 381 g/mol. The maximum absolute atomic E-state index is 12.0. The normalized spacial score (nSPS) is 10.6. The summed E-state index contributed by atoms with van der Waals surface area (Å²) in [7, 11) is 0. The monoisotopic (exact) mass is 380 g/mol. The molecule has 1 aromatic carbocycles. The first-order valence-corrected chi connectivity index (χ1v) is 5.61. The smallest absolute Gasteiger partial charge is 0.478 e. The van der Waals surface area contributed by atoms with E-state index in [0.717, 1.165) is 0 Å². The van der Waals surface area contributed by atoms with Crippen molar-refractivity contribution in [2.75, 3.05) is 0 Å². The number of carboxylic acids is 1. The molecule has 1 radical (unpaired) electrons. The molecule has 1 N–H and O–H groups in total. The number of benzene rings is 1. The van der Waals surface area contributed by atoms with Gasteiger partial charge < -0.3 is 5.11 Å². The number of carboxylic acid groups (broad SMARTS) is 1. The van der Waals surface area contributed by atoms with Gasteiger partial charge in [0, 0.05) is 17.1 Å². The first-order valence-electron chi connectivity index (χ1n) is 3.45. The van der Waals surface area contributed by atoms with Gasteiger partial charge in [0.15, 0.2) is 0 Å². The number of halogens is 4. The fraction of sp³-hybridized carbons (Fsp3) is 0.125. The van der Waals surface area contributed by atoms with Crippen molar-refractivity contribution in [1.29, 1.82) is 0 Å². The van der Waals surface area contributed by atoms with E-state index in [9.17, 15) is 18.0 Å². The van der Waals surface area contributed by atoms with Crippen molar-refractivity contribution in [2.24, 2.45) is 0 Å². The number of hydrogen-bond acceptors (Lipinski definition) is 1. The zero-order valence-electron chi connectivity index (χ0n) is 6.98. The third-order valence-electron chi connectivity index (χ3n) is 1.31. The van der Waals surface area contributed by atoms with E-state index in [2.05, 4.69) is 0 Å². The van der Waals surface area contributed by atoms with Crippen LogP contribution in [-0.2, 0) is 17.1 Å². The van der Waals surface area contributed by atoms with Crippen molar-refractivity contribution < 1.29 is 61.3 Å². The fourth-order valence-corrected chi connectivity index (χ4v) is 2.58. The summed E-state index contributed by atoms with van der Waals surface area (Å²) in [6.07, 6.45) is 0. The largest absolute Gasteiger partial charge is 0.609 e. The van der Waals surface area contributed by atoms with Crippen LogP contribution in [-0.4, -0.2) is 15.3 Å². The van der Waals surface area contributed by atoms with Crippen molar-refractivity contribution in [1.82, 2.24) is 0 Å². The van der Waals surface area contributed by atoms with E-state index in [0.29, 0.717) is 0 Å². The molecule has 0 saturated heterocycles. The molecule has 0 heterocycles. The molecule has 0 saturated carbocycles. The quantitative estimate of drug-likeness (QED) is 0.413. The van der Waals surface area contributed by atoms with Crippen molar-refractivity contribution >= 4 is 5.97 Å². The van der Waals surface area contributed by atoms with Crippen molar-refractivity contribution in [3.8, 4) is 0 Å². The topological polar surface area (TPSA) is 37.3 Å². The molecule has 0 aromatic heterocycles. The molecule has 7 heteroatoms. The standard InChI is InChI=1S/C8H4F3IO2.Cu/c9-8(10,11)12-6-4-2-1-3-5(6)7(13)14;/h1-4H;/p+1. The van der Waals surface area contributed by atoms with Crippen LogP contribution in [0.3, 0.4) is 0 Å². The van der Waals surface area contributed by atoms with Gasteiger partial charge in [0.05, 0.1) is 0 Å². The van der Waals surface area contributed by atoms with Crippen LogP contribution in [0.2, 0.25) is 0 Å². The summed E-state index contributed by atoms with van der Waals surface area (Å²) >= 11 is -2.25. The van der Waals surface area contributed by atoms with Gasteiger partial charge in [-0.15, -0.1) is 13.2 Å². The van der Waals surface area contributed by atoms with E-state index in [1.54, 1.807) is 0 Å². The Hall–Kier alpha value is -0.271. The predicted molar refractivity (Wildman–Crippen MR) is 38.2 cm³/mol. The van der Waals surface area contributed by atoms with Gasteiger partial charge in [-0.05, 0) is 12.1 Å². The first kappa shape index (κ1) is 14.7. The van der Waals surface area contributed by atoms with Crippen molar-refractivity contribution in [3.63, 3.8) is 0 Å². The molecule has 0 aliphatic heterocycles. The molecule has 0 unspecified atom stereocenters. The summed E-state index contributed by atoms with van der Waals surface area (Å²) in [5.74, 6) is -1.32. The molecule has 0 amide bonds. The summed E-state index contributed by atoms with van der Waals surface area (Å²) in [5.41, 5.74) is -0.252. The molecule has 0 fully saturated rings. The Morgan fingerprint density at radius 3 is 2.27 bits per heavy atom. The number of carbonyl (C=O) groups is 1. The number of rotatable bonds is 2. The van der Waals surface area contributed by atoms with Gasteiger partial charge in [-0.3, -0.25) is 0 Å². The predicted octanol–water partition coefficient (Wildman–Crippen LogP) is -0.839. The van der Waals surface area contributed by atoms with Crippen LogP contribution in [0.25, 0.3) is 0 Å². The maximum atomic E-state index is 12.0. The SMILES string of the molecule is O=C(O)c1ccccc1[I+]C(F)(F)F.[Cu]. The van der Waals surface area contributed by atoms with E-state index >= 15 is 0 Å². The Bertz CT molecular complexity index is 354. The van der Waals surface area contributed by atoms with E-state index in [4.69, 9.17) is 5.11 Å². The zero-order valence-corrected chi connectivity index (χ0v) is 10.1. The maximum Gasteiger partial charge on any atom is 0.609 e. The second-order valence-corrected chi connectivity index (χ2v) is 5.23. The van der Waals surface area contributed by atoms with Crippen LogP contribution in [0, 0.1) is 3.57 Å². The molecule has 2 nitrogen and oxygen atoms in total. The number of aromatic carboxylic acids is 1. The summed E-state index contributed by atoms with van der Waals surface area (Å²) < 4.78 is 31.7. The molecule has 0 bridgehead atoms. The fourth-order valence-electron chi connectivity index (χ4n) is 0.832. The van der Waals surface area contributed by atoms with Gasteiger partial charge in [-0.1, -0.05) is 12.1 Å². The van der Waals surface area contributed by atoms with Gasteiger partial charge in [-0.25, -0.2) is 4.79 Å². The molecule has 0 spiro atoms. The second kappa shape index (κ2) is 5.72. The van der Waals surface area contributed by atoms with E-state index in [1.165, 1.54) is 24.3 Å². The average Bonchev–Trinajstić information content (AvgIpc) is 2.01. The molecular formula is C8H5CuF3IO2+. The van der Waals surface area contributed by atoms with Crippen LogP contribution < -0.4 is 21.2 Å². The first-order chi connectivity index (χ1) is 6.40. The van der Waals surface area contributed by atoms with E-state index in [1.807, 2.05) is 0 Å². The summed E-state index contributed by atoms with van der Waals surface area (Å²) in [6.45, 7) is 0. The van der Waals surface area contributed by atoms with Gasteiger partial charge in [0.2, 0.25) is 3.57 Å². The van der Waals surface area contributed by atoms with Crippen LogP contribution in [0.5, 0.6) is 0 Å². The Morgan fingerprint density at radius 1 is 1.27 bits per heavy atom. The third kappa shape index (κ3) is 4.85. The minimum atomic E-state index is -4.27. The molecular weight excluding hydrogens is 376 g/mol. The van der Waals surface area contributed by atoms with Gasteiger partial charge in [0.1, 0.15) is 5.56 Å². The Kier molecular flexibility index (Phi) is 5.61. The van der Waals surface area contributed by atoms with Gasteiger partial charge in [-0.2, -0.15) is 0 Å². The Labute approximate surface area is 105 Å². The summed E-state index contributed by atoms with van der Waals surface area (Å²) in [5, 5.41) is 8.61. The second-order valence-electron chi connectivity index (χ2n) is 2.31. The molecule has 15 heavy (non-hydrogen) atoms. The third-order valence-corrected chi connectivity index (χ3v) is 3.45. The molecule has 0 aliphatic rings. The van der Waals surface area contributed by atoms with Crippen LogP contribution in [0.15, 0.2) is 24.3 Å². The summed E-state index contributed by atoms with van der Waals surface area (Å²) in [6, 6.07) is 5.22. The van der Waals surface area contributed by atoms with Gasteiger partial charge >= 0.3 is 31.4 Å². The number of alkyl halides is 4. The van der Waals surface area contributed by atoms with E-state index in [-0.39, 0.29) is 26.2 Å². The van der Waals surface area contributed by atoms with Crippen molar-refractivity contribution in [3.05, 3.63) is 33.4 Å².